The monoisotopic (exact) mass is 278 g/mol. The maximum Gasteiger partial charge on any atom is 0.339 e. The van der Waals surface area contributed by atoms with Gasteiger partial charge in [-0.05, 0) is 28.7 Å². The first-order valence-electron chi connectivity index (χ1n) is 3.15. The molecule has 0 bridgehead atoms. The smallest absolute Gasteiger partial charge is 0.339 e. The Morgan fingerprint density at radius 3 is 3.00 bits per heavy atom. The number of anilines is 1. The lowest BCUT2D eigenvalue weighted by atomic mass is 10.3. The number of nitrogen functional groups attached to an aromatic ring is 1. The molecule has 0 saturated carbocycles. The summed E-state index contributed by atoms with van der Waals surface area (Å²) in [5.41, 5.74) is 5.94. The van der Waals surface area contributed by atoms with Crippen LogP contribution in [0.1, 0.15) is 10.4 Å². The van der Waals surface area contributed by atoms with E-state index in [-0.39, 0.29) is 0 Å². The first-order valence-corrected chi connectivity index (χ1v) is 4.23. The molecule has 0 unspecified atom stereocenters. The van der Waals surface area contributed by atoms with Crippen molar-refractivity contribution in [3.63, 3.8) is 0 Å². The number of esters is 1. The number of carbonyl (C=O) groups is 1. The molecule has 1 rings (SSSR count). The van der Waals surface area contributed by atoms with Crippen molar-refractivity contribution in [2.24, 2.45) is 0 Å². The maximum atomic E-state index is 11.1. The second-order valence-electron chi connectivity index (χ2n) is 2.05. The van der Waals surface area contributed by atoms with Crippen LogP contribution >= 0.6 is 22.6 Å². The molecular formula is C7H7IN2O2. The SMILES string of the molecule is COC(=O)c1ccnc(N)c1I. The third kappa shape index (κ3) is 1.66. The lowest BCUT2D eigenvalue weighted by molar-refractivity contribution is 0.0599. The van der Waals surface area contributed by atoms with Gasteiger partial charge in [-0.25, -0.2) is 9.78 Å². The molecule has 2 N–H and O–H groups in total. The Morgan fingerprint density at radius 1 is 1.75 bits per heavy atom. The number of pyridine rings is 1. The van der Waals surface area contributed by atoms with Crippen molar-refractivity contribution in [1.82, 2.24) is 4.98 Å². The summed E-state index contributed by atoms with van der Waals surface area (Å²) in [6, 6.07) is 1.57. The summed E-state index contributed by atoms with van der Waals surface area (Å²) < 4.78 is 5.17. The van der Waals surface area contributed by atoms with E-state index in [1.807, 2.05) is 22.6 Å². The van der Waals surface area contributed by atoms with E-state index in [1.165, 1.54) is 13.3 Å². The fourth-order valence-corrected chi connectivity index (χ4v) is 1.27. The average molecular weight is 278 g/mol. The molecule has 0 spiro atoms. The van der Waals surface area contributed by atoms with E-state index in [0.717, 1.165) is 0 Å². The van der Waals surface area contributed by atoms with Gasteiger partial charge in [-0.3, -0.25) is 0 Å². The molecule has 0 amide bonds. The van der Waals surface area contributed by atoms with Crippen molar-refractivity contribution in [3.05, 3.63) is 21.4 Å². The van der Waals surface area contributed by atoms with E-state index in [0.29, 0.717) is 15.0 Å². The largest absolute Gasteiger partial charge is 0.465 e. The predicted octanol–water partition coefficient (Wildman–Crippen LogP) is 1.05. The Bertz CT molecular complexity index is 314. The summed E-state index contributed by atoms with van der Waals surface area (Å²) in [5, 5.41) is 0. The Kier molecular flexibility index (Phi) is 2.85. The minimum atomic E-state index is -0.395. The van der Waals surface area contributed by atoms with Crippen LogP contribution in [0.5, 0.6) is 0 Å². The van der Waals surface area contributed by atoms with Crippen LogP contribution in [0.3, 0.4) is 0 Å². The van der Waals surface area contributed by atoms with Gasteiger partial charge in [0.2, 0.25) is 0 Å². The number of nitrogens with zero attached hydrogens (tertiary/aromatic N) is 1. The normalized spacial score (nSPS) is 9.50. The number of ether oxygens (including phenoxy) is 1. The van der Waals surface area contributed by atoms with Crippen molar-refractivity contribution in [1.29, 1.82) is 0 Å². The molecule has 0 aliphatic carbocycles. The van der Waals surface area contributed by atoms with Crippen LogP contribution in [0.4, 0.5) is 5.82 Å². The molecule has 0 aliphatic heterocycles. The van der Waals surface area contributed by atoms with Crippen LogP contribution in [-0.2, 0) is 4.74 Å². The maximum absolute atomic E-state index is 11.1. The molecule has 5 heteroatoms. The second kappa shape index (κ2) is 3.70. The lowest BCUT2D eigenvalue weighted by Gasteiger charge is -2.02. The summed E-state index contributed by atoms with van der Waals surface area (Å²) in [7, 11) is 1.33. The van der Waals surface area contributed by atoms with Gasteiger partial charge in [0.1, 0.15) is 5.82 Å². The van der Waals surface area contributed by atoms with Crippen molar-refractivity contribution in [2.45, 2.75) is 0 Å². The lowest BCUT2D eigenvalue weighted by Crippen LogP contribution is -2.06. The molecule has 0 saturated heterocycles. The molecule has 4 nitrogen and oxygen atoms in total. The average Bonchev–Trinajstić information content (AvgIpc) is 2.08. The summed E-state index contributed by atoms with van der Waals surface area (Å²) >= 11 is 1.96. The van der Waals surface area contributed by atoms with Gasteiger partial charge < -0.3 is 10.5 Å². The van der Waals surface area contributed by atoms with E-state index < -0.39 is 5.97 Å². The highest BCUT2D eigenvalue weighted by Crippen LogP contribution is 2.17. The topological polar surface area (TPSA) is 65.2 Å². The van der Waals surface area contributed by atoms with Gasteiger partial charge >= 0.3 is 5.97 Å². The number of aromatic nitrogens is 1. The Labute approximate surface area is 83.3 Å². The van der Waals surface area contributed by atoms with E-state index in [2.05, 4.69) is 9.72 Å². The number of methoxy groups -OCH3 is 1. The van der Waals surface area contributed by atoms with Crippen LogP contribution in [0.15, 0.2) is 12.3 Å². The number of halogens is 1. The minimum Gasteiger partial charge on any atom is -0.465 e. The third-order valence-electron chi connectivity index (χ3n) is 1.32. The molecule has 0 radical (unpaired) electrons. The van der Waals surface area contributed by atoms with Crippen molar-refractivity contribution in [2.75, 3.05) is 12.8 Å². The Morgan fingerprint density at radius 2 is 2.42 bits per heavy atom. The van der Waals surface area contributed by atoms with Gasteiger partial charge in [0.25, 0.3) is 0 Å². The first-order chi connectivity index (χ1) is 5.66. The fraction of sp³-hybridized carbons (Fsp3) is 0.143. The molecule has 0 fully saturated rings. The highest BCUT2D eigenvalue weighted by Gasteiger charge is 2.11. The molecule has 0 aromatic carbocycles. The van der Waals surface area contributed by atoms with Gasteiger partial charge in [0.15, 0.2) is 0 Å². The zero-order valence-electron chi connectivity index (χ0n) is 6.37. The van der Waals surface area contributed by atoms with Crippen molar-refractivity contribution in [3.8, 4) is 0 Å². The second-order valence-corrected chi connectivity index (χ2v) is 3.13. The Hall–Kier alpha value is -0.850. The van der Waals surface area contributed by atoms with Crippen LogP contribution in [0.25, 0.3) is 0 Å². The van der Waals surface area contributed by atoms with Crippen LogP contribution in [-0.4, -0.2) is 18.1 Å². The van der Waals surface area contributed by atoms with Gasteiger partial charge in [-0.1, -0.05) is 0 Å². The molecule has 64 valence electrons. The number of rotatable bonds is 1. The van der Waals surface area contributed by atoms with Crippen LogP contribution in [0, 0.1) is 3.57 Å². The number of nitrogens with two attached hydrogens (primary N) is 1. The van der Waals surface area contributed by atoms with Gasteiger partial charge in [0.05, 0.1) is 16.2 Å². The number of hydrogen-bond acceptors (Lipinski definition) is 4. The molecule has 12 heavy (non-hydrogen) atoms. The Balaban J connectivity index is 3.16. The first kappa shape index (κ1) is 9.24. The summed E-state index contributed by atoms with van der Waals surface area (Å²) in [6.07, 6.45) is 1.48. The van der Waals surface area contributed by atoms with Gasteiger partial charge in [-0.15, -0.1) is 0 Å². The van der Waals surface area contributed by atoms with Crippen LogP contribution < -0.4 is 5.73 Å². The molecule has 0 atom stereocenters. The standard InChI is InChI=1S/C7H7IN2O2/c1-12-7(11)4-2-3-10-6(9)5(4)8/h2-3H,1H3,(H2,9,10). The highest BCUT2D eigenvalue weighted by atomic mass is 127. The summed E-state index contributed by atoms with van der Waals surface area (Å²) in [4.78, 5) is 14.9. The van der Waals surface area contributed by atoms with Crippen LogP contribution in [0.2, 0.25) is 0 Å². The van der Waals surface area contributed by atoms with E-state index >= 15 is 0 Å². The van der Waals surface area contributed by atoms with Crippen molar-refractivity contribution >= 4 is 34.4 Å². The predicted molar refractivity (Wildman–Crippen MR) is 52.7 cm³/mol. The quantitative estimate of drug-likeness (QED) is 0.616. The highest BCUT2D eigenvalue weighted by molar-refractivity contribution is 14.1. The van der Waals surface area contributed by atoms with Gasteiger partial charge in [0, 0.05) is 6.20 Å². The minimum absolute atomic E-state index is 0.346. The molecular weight excluding hydrogens is 271 g/mol. The molecule has 1 aromatic rings. The number of hydrogen-bond donors (Lipinski definition) is 1. The molecule has 0 aliphatic rings. The van der Waals surface area contributed by atoms with Gasteiger partial charge in [-0.2, -0.15) is 0 Å². The van der Waals surface area contributed by atoms with Crippen molar-refractivity contribution < 1.29 is 9.53 Å². The fourth-order valence-electron chi connectivity index (χ4n) is 0.728. The summed E-state index contributed by atoms with van der Waals surface area (Å²) in [5.74, 6) is -0.0491. The third-order valence-corrected chi connectivity index (χ3v) is 2.46. The van der Waals surface area contributed by atoms with E-state index in [4.69, 9.17) is 5.73 Å². The van der Waals surface area contributed by atoms with E-state index in [9.17, 15) is 4.79 Å². The zero-order valence-corrected chi connectivity index (χ0v) is 8.53. The molecule has 1 heterocycles. The van der Waals surface area contributed by atoms with E-state index in [1.54, 1.807) is 6.07 Å². The number of carbonyl (C=O) groups excluding carboxylic acids is 1. The summed E-state index contributed by atoms with van der Waals surface area (Å²) in [6.45, 7) is 0. The zero-order chi connectivity index (χ0) is 9.14. The molecule has 1 aromatic heterocycles.